The molecule has 308 valence electrons. The Labute approximate surface area is 379 Å². The molecule has 2 aromatic heterocycles. The van der Waals surface area contributed by atoms with Crippen LogP contribution >= 0.6 is 0 Å². The molecule has 65 heavy (non-hydrogen) atoms. The summed E-state index contributed by atoms with van der Waals surface area (Å²) in [5.74, 6) is 0. The van der Waals surface area contributed by atoms with Crippen molar-refractivity contribution in [2.24, 2.45) is 0 Å². The van der Waals surface area contributed by atoms with E-state index in [0.29, 0.717) is 0 Å². The monoisotopic (exact) mass is 833 g/mol. The Balaban J connectivity index is 0.868. The second-order valence-corrected chi connectivity index (χ2v) is 16.5. The SMILES string of the molecule is Cc1ccc(-c2nc3ccccc3nc2-c2ccc(-c3ccc(N(c4ccccc4)c4ccc(-c5ccc(-c6nc7ccccc7nc6-c6ccc(C)cc6)cc5)cc4)cc3)cc2)cc1. The number of aromatic nitrogens is 4. The van der Waals surface area contributed by atoms with Crippen molar-refractivity contribution in [1.29, 1.82) is 0 Å². The average Bonchev–Trinajstić information content (AvgIpc) is 3.37. The second kappa shape index (κ2) is 17.0. The Morgan fingerprint density at radius 1 is 0.231 bits per heavy atom. The summed E-state index contributed by atoms with van der Waals surface area (Å²) in [5.41, 5.74) is 21.4. The largest absolute Gasteiger partial charge is 0.311 e. The van der Waals surface area contributed by atoms with Gasteiger partial charge in [0, 0.05) is 39.3 Å². The zero-order valence-corrected chi connectivity index (χ0v) is 36.1. The number of rotatable bonds is 9. The first-order chi connectivity index (χ1) is 32.0. The Kier molecular flexibility index (Phi) is 10.3. The zero-order valence-electron chi connectivity index (χ0n) is 36.1. The van der Waals surface area contributed by atoms with Gasteiger partial charge in [-0.25, -0.2) is 19.9 Å². The van der Waals surface area contributed by atoms with Gasteiger partial charge in [-0.3, -0.25) is 0 Å². The Morgan fingerprint density at radius 3 is 0.769 bits per heavy atom. The van der Waals surface area contributed by atoms with E-state index in [4.69, 9.17) is 19.9 Å². The number of fused-ring (bicyclic) bond motifs is 2. The van der Waals surface area contributed by atoms with Gasteiger partial charge in [0.25, 0.3) is 0 Å². The summed E-state index contributed by atoms with van der Waals surface area (Å²) in [6.45, 7) is 4.20. The highest BCUT2D eigenvalue weighted by atomic mass is 15.1. The van der Waals surface area contributed by atoms with Gasteiger partial charge in [-0.1, -0.05) is 175 Å². The summed E-state index contributed by atoms with van der Waals surface area (Å²) >= 11 is 0. The number of para-hydroxylation sites is 5. The van der Waals surface area contributed by atoms with Gasteiger partial charge in [-0.15, -0.1) is 0 Å². The molecule has 2 heterocycles. The Hall–Kier alpha value is -8.54. The first-order valence-corrected chi connectivity index (χ1v) is 22.0. The van der Waals surface area contributed by atoms with E-state index in [2.05, 4.69) is 195 Å². The molecule has 0 aliphatic heterocycles. The van der Waals surface area contributed by atoms with Crippen LogP contribution in [0.2, 0.25) is 0 Å². The van der Waals surface area contributed by atoms with E-state index >= 15 is 0 Å². The van der Waals surface area contributed by atoms with Crippen molar-refractivity contribution in [3.05, 3.63) is 236 Å². The fourth-order valence-corrected chi connectivity index (χ4v) is 8.50. The molecule has 0 unspecified atom stereocenters. The molecule has 0 saturated carbocycles. The third kappa shape index (κ3) is 7.92. The number of nitrogens with zero attached hydrogens (tertiary/aromatic N) is 5. The van der Waals surface area contributed by atoms with Crippen LogP contribution in [0.3, 0.4) is 0 Å². The molecule has 0 N–H and O–H groups in total. The molecular weight excluding hydrogens is 791 g/mol. The molecular formula is C60H43N5. The lowest BCUT2D eigenvalue weighted by atomic mass is 9.99. The molecule has 11 aromatic rings. The predicted octanol–water partition coefficient (Wildman–Crippen LogP) is 15.7. The molecule has 0 saturated heterocycles. The highest BCUT2D eigenvalue weighted by Gasteiger charge is 2.17. The van der Waals surface area contributed by atoms with Crippen molar-refractivity contribution in [1.82, 2.24) is 19.9 Å². The van der Waals surface area contributed by atoms with Crippen molar-refractivity contribution < 1.29 is 0 Å². The van der Waals surface area contributed by atoms with Gasteiger partial charge in [0.2, 0.25) is 0 Å². The van der Waals surface area contributed by atoms with Crippen LogP contribution in [-0.4, -0.2) is 19.9 Å². The minimum absolute atomic E-state index is 0.874. The van der Waals surface area contributed by atoms with E-state index in [9.17, 15) is 0 Å². The lowest BCUT2D eigenvalue weighted by molar-refractivity contribution is 1.28. The van der Waals surface area contributed by atoms with Gasteiger partial charge in [-0.05, 0) is 96.8 Å². The van der Waals surface area contributed by atoms with Crippen LogP contribution in [-0.2, 0) is 0 Å². The molecule has 0 amide bonds. The lowest BCUT2D eigenvalue weighted by Crippen LogP contribution is -2.09. The van der Waals surface area contributed by atoms with Crippen molar-refractivity contribution in [3.63, 3.8) is 0 Å². The summed E-state index contributed by atoms with van der Waals surface area (Å²) in [6, 6.07) is 78.7. The quantitative estimate of drug-likeness (QED) is 0.145. The molecule has 0 aliphatic carbocycles. The number of hydrogen-bond donors (Lipinski definition) is 0. The predicted molar refractivity (Wildman–Crippen MR) is 269 cm³/mol. The molecule has 0 fully saturated rings. The summed E-state index contributed by atoms with van der Waals surface area (Å²) in [5, 5.41) is 0. The maximum atomic E-state index is 5.12. The topological polar surface area (TPSA) is 54.8 Å². The zero-order chi connectivity index (χ0) is 43.7. The minimum atomic E-state index is 0.874. The van der Waals surface area contributed by atoms with E-state index < -0.39 is 0 Å². The fourth-order valence-electron chi connectivity index (χ4n) is 8.50. The number of benzene rings is 9. The van der Waals surface area contributed by atoms with Gasteiger partial charge in [0.15, 0.2) is 0 Å². The van der Waals surface area contributed by atoms with Crippen LogP contribution in [0.5, 0.6) is 0 Å². The smallest absolute Gasteiger partial charge is 0.0973 e. The second-order valence-electron chi connectivity index (χ2n) is 16.5. The first kappa shape index (κ1) is 39.3. The normalized spacial score (nSPS) is 11.2. The number of hydrogen-bond acceptors (Lipinski definition) is 5. The molecule has 0 radical (unpaired) electrons. The van der Waals surface area contributed by atoms with E-state index in [1.165, 1.54) is 11.1 Å². The summed E-state index contributed by atoms with van der Waals surface area (Å²) < 4.78 is 0. The van der Waals surface area contributed by atoms with Crippen LogP contribution in [0.4, 0.5) is 17.1 Å². The summed E-state index contributed by atoms with van der Waals surface area (Å²) in [7, 11) is 0. The minimum Gasteiger partial charge on any atom is -0.311 e. The van der Waals surface area contributed by atoms with Gasteiger partial charge < -0.3 is 4.90 Å². The van der Waals surface area contributed by atoms with Crippen molar-refractivity contribution >= 4 is 39.1 Å². The van der Waals surface area contributed by atoms with Gasteiger partial charge in [0.1, 0.15) is 0 Å². The van der Waals surface area contributed by atoms with E-state index in [1.807, 2.05) is 48.5 Å². The fraction of sp³-hybridized carbons (Fsp3) is 0.0333. The Morgan fingerprint density at radius 2 is 0.462 bits per heavy atom. The average molecular weight is 834 g/mol. The number of anilines is 3. The maximum absolute atomic E-state index is 5.12. The van der Waals surface area contributed by atoms with Crippen molar-refractivity contribution in [2.75, 3.05) is 4.90 Å². The van der Waals surface area contributed by atoms with E-state index in [-0.39, 0.29) is 0 Å². The van der Waals surface area contributed by atoms with Crippen LogP contribution in [0, 0.1) is 13.8 Å². The van der Waals surface area contributed by atoms with Gasteiger partial charge in [-0.2, -0.15) is 0 Å². The van der Waals surface area contributed by atoms with Gasteiger partial charge in [0.05, 0.1) is 44.8 Å². The van der Waals surface area contributed by atoms with E-state index in [0.717, 1.165) is 106 Å². The van der Waals surface area contributed by atoms with Crippen LogP contribution in [0.1, 0.15) is 11.1 Å². The molecule has 5 nitrogen and oxygen atoms in total. The van der Waals surface area contributed by atoms with Crippen LogP contribution in [0.25, 0.3) is 89.4 Å². The van der Waals surface area contributed by atoms with Crippen molar-refractivity contribution in [3.8, 4) is 67.3 Å². The summed E-state index contributed by atoms with van der Waals surface area (Å²) in [4.78, 5) is 22.7. The van der Waals surface area contributed by atoms with Crippen LogP contribution < -0.4 is 4.90 Å². The molecule has 0 aliphatic rings. The highest BCUT2D eigenvalue weighted by Crippen LogP contribution is 2.39. The number of aryl methyl sites for hydroxylation is 2. The third-order valence-electron chi connectivity index (χ3n) is 12.0. The van der Waals surface area contributed by atoms with E-state index in [1.54, 1.807) is 0 Å². The van der Waals surface area contributed by atoms with Crippen molar-refractivity contribution in [2.45, 2.75) is 13.8 Å². The van der Waals surface area contributed by atoms with Gasteiger partial charge >= 0.3 is 0 Å². The van der Waals surface area contributed by atoms with Crippen LogP contribution in [0.15, 0.2) is 224 Å². The highest BCUT2D eigenvalue weighted by molar-refractivity contribution is 5.89. The third-order valence-corrected chi connectivity index (χ3v) is 12.0. The Bertz CT molecular complexity index is 3220. The molecule has 11 rings (SSSR count). The molecule has 5 heteroatoms. The molecule has 0 spiro atoms. The maximum Gasteiger partial charge on any atom is 0.0973 e. The molecule has 0 bridgehead atoms. The first-order valence-electron chi connectivity index (χ1n) is 22.0. The molecule has 0 atom stereocenters. The molecule has 9 aromatic carbocycles. The summed E-state index contributed by atoms with van der Waals surface area (Å²) in [6.07, 6.45) is 0. The lowest BCUT2D eigenvalue weighted by Gasteiger charge is -2.26. The standard InChI is InChI=1S/C60H43N5/c1-40-16-20-46(21-17-40)57-59(63-55-14-8-6-12-53(55)61-57)48-28-24-42(25-29-48)44-32-36-51(37-33-44)65(50-10-4-3-5-11-50)52-38-34-45(35-39-52)43-26-30-49(31-27-43)60-58(47-22-18-41(2)19-23-47)62-54-13-7-9-15-56(54)64-60/h3-39H,1-2H3.